The molecule has 1 aromatic heterocycles. The zero-order valence-corrected chi connectivity index (χ0v) is 10.8. The summed E-state index contributed by atoms with van der Waals surface area (Å²) in [5, 5.41) is 2.40. The number of rotatable bonds is 2. The van der Waals surface area contributed by atoms with Crippen molar-refractivity contribution in [1.82, 2.24) is 4.98 Å². The second kappa shape index (κ2) is 4.29. The summed E-state index contributed by atoms with van der Waals surface area (Å²) in [5.41, 5.74) is 7.70. The van der Waals surface area contributed by atoms with E-state index in [4.69, 9.17) is 10.5 Å². The number of fused-ring (bicyclic) bond motifs is 3. The van der Waals surface area contributed by atoms with Crippen molar-refractivity contribution in [1.29, 1.82) is 0 Å². The van der Waals surface area contributed by atoms with E-state index in [1.54, 1.807) is 0 Å². The second-order valence-electron chi connectivity index (χ2n) is 5.75. The molecule has 2 bridgehead atoms. The Hall–Kier alpha value is -1.45. The predicted octanol–water partition coefficient (Wildman–Crippen LogP) is 2.80. The molecule has 0 radical (unpaired) electrons. The van der Waals surface area contributed by atoms with Gasteiger partial charge in [0, 0.05) is 29.7 Å². The summed E-state index contributed by atoms with van der Waals surface area (Å²) >= 11 is 0. The standard InChI is InChI=1S/C16H18N2O/c17-16(13-7-11-5-6-15(13)19-11)14-9-18-8-10-3-1-2-4-12(10)14/h1-4,8-9,11,13,15-16H,5-7,17H2. The van der Waals surface area contributed by atoms with E-state index < -0.39 is 0 Å². The molecule has 3 heteroatoms. The molecule has 4 unspecified atom stereocenters. The average Bonchev–Trinajstić information content (AvgIpc) is 3.08. The van der Waals surface area contributed by atoms with Crippen molar-refractivity contribution in [2.75, 3.05) is 0 Å². The maximum atomic E-state index is 6.53. The van der Waals surface area contributed by atoms with Gasteiger partial charge in [0.15, 0.2) is 0 Å². The van der Waals surface area contributed by atoms with Crippen LogP contribution in [0.5, 0.6) is 0 Å². The Morgan fingerprint density at radius 3 is 2.89 bits per heavy atom. The van der Waals surface area contributed by atoms with Crippen LogP contribution in [0.25, 0.3) is 10.8 Å². The molecule has 3 heterocycles. The molecule has 1 aromatic carbocycles. The summed E-state index contributed by atoms with van der Waals surface area (Å²) in [7, 11) is 0. The molecule has 0 aliphatic carbocycles. The molecule has 2 aliphatic rings. The maximum Gasteiger partial charge on any atom is 0.0627 e. The number of ether oxygens (including phenoxy) is 1. The van der Waals surface area contributed by atoms with Gasteiger partial charge in [-0.3, -0.25) is 4.98 Å². The molecule has 98 valence electrons. The van der Waals surface area contributed by atoms with E-state index in [9.17, 15) is 0 Å². The topological polar surface area (TPSA) is 48.1 Å². The van der Waals surface area contributed by atoms with E-state index in [1.165, 1.54) is 29.2 Å². The Kier molecular flexibility index (Phi) is 2.57. The largest absolute Gasteiger partial charge is 0.375 e. The van der Waals surface area contributed by atoms with Crippen molar-refractivity contribution in [2.24, 2.45) is 11.7 Å². The Balaban J connectivity index is 1.74. The van der Waals surface area contributed by atoms with Gasteiger partial charge in [0.1, 0.15) is 0 Å². The number of benzene rings is 1. The fourth-order valence-electron chi connectivity index (χ4n) is 3.69. The SMILES string of the molecule is NC(c1cncc2ccccc12)C1CC2CCC1O2. The number of hydrogen-bond acceptors (Lipinski definition) is 3. The van der Waals surface area contributed by atoms with Crippen LogP contribution in [0.2, 0.25) is 0 Å². The van der Waals surface area contributed by atoms with E-state index in [0.717, 1.165) is 6.42 Å². The highest BCUT2D eigenvalue weighted by Gasteiger charge is 2.43. The molecule has 2 aliphatic heterocycles. The van der Waals surface area contributed by atoms with Crippen molar-refractivity contribution in [3.8, 4) is 0 Å². The van der Waals surface area contributed by atoms with E-state index >= 15 is 0 Å². The zero-order valence-electron chi connectivity index (χ0n) is 10.8. The van der Waals surface area contributed by atoms with Crippen LogP contribution in [0, 0.1) is 5.92 Å². The molecule has 2 aromatic rings. The van der Waals surface area contributed by atoms with Crippen LogP contribution >= 0.6 is 0 Å². The van der Waals surface area contributed by atoms with E-state index in [0.29, 0.717) is 18.1 Å². The summed E-state index contributed by atoms with van der Waals surface area (Å²) in [5.74, 6) is 0.450. The number of nitrogens with two attached hydrogens (primary N) is 1. The molecule has 4 rings (SSSR count). The fourth-order valence-corrected chi connectivity index (χ4v) is 3.69. The average molecular weight is 254 g/mol. The maximum absolute atomic E-state index is 6.53. The second-order valence-corrected chi connectivity index (χ2v) is 5.75. The van der Waals surface area contributed by atoms with Gasteiger partial charge in [-0.05, 0) is 30.2 Å². The van der Waals surface area contributed by atoms with E-state index in [1.807, 2.05) is 18.5 Å². The van der Waals surface area contributed by atoms with Gasteiger partial charge in [-0.1, -0.05) is 24.3 Å². The molecule has 3 nitrogen and oxygen atoms in total. The molecular formula is C16H18N2O. The summed E-state index contributed by atoms with van der Waals surface area (Å²) in [4.78, 5) is 4.35. The third-order valence-corrected chi connectivity index (χ3v) is 4.67. The number of aromatic nitrogens is 1. The molecular weight excluding hydrogens is 236 g/mol. The highest BCUT2D eigenvalue weighted by molar-refractivity contribution is 5.85. The minimum atomic E-state index is 0.0360. The lowest BCUT2D eigenvalue weighted by Gasteiger charge is -2.26. The zero-order chi connectivity index (χ0) is 12.8. The van der Waals surface area contributed by atoms with Crippen molar-refractivity contribution in [3.63, 3.8) is 0 Å². The first-order valence-corrected chi connectivity index (χ1v) is 7.06. The monoisotopic (exact) mass is 254 g/mol. The molecule has 0 saturated carbocycles. The van der Waals surface area contributed by atoms with E-state index in [-0.39, 0.29) is 6.04 Å². The highest BCUT2D eigenvalue weighted by Crippen LogP contribution is 2.44. The molecule has 2 saturated heterocycles. The molecule has 19 heavy (non-hydrogen) atoms. The Morgan fingerprint density at radius 2 is 2.11 bits per heavy atom. The van der Waals surface area contributed by atoms with Crippen LogP contribution in [-0.4, -0.2) is 17.2 Å². The van der Waals surface area contributed by atoms with Gasteiger partial charge in [-0.15, -0.1) is 0 Å². The third-order valence-electron chi connectivity index (χ3n) is 4.67. The Morgan fingerprint density at radius 1 is 1.21 bits per heavy atom. The van der Waals surface area contributed by atoms with Crippen molar-refractivity contribution < 1.29 is 4.74 Å². The van der Waals surface area contributed by atoms with Crippen LogP contribution in [0.15, 0.2) is 36.7 Å². The lowest BCUT2D eigenvalue weighted by molar-refractivity contribution is 0.0885. The van der Waals surface area contributed by atoms with Crippen molar-refractivity contribution >= 4 is 10.8 Å². The first-order valence-electron chi connectivity index (χ1n) is 7.06. The first kappa shape index (κ1) is 11.4. The van der Waals surface area contributed by atoms with Crippen LogP contribution in [-0.2, 0) is 4.74 Å². The quantitative estimate of drug-likeness (QED) is 0.896. The summed E-state index contributed by atoms with van der Waals surface area (Å²) in [6.45, 7) is 0. The van der Waals surface area contributed by atoms with Crippen LogP contribution in [0.4, 0.5) is 0 Å². The number of hydrogen-bond donors (Lipinski definition) is 1. The van der Waals surface area contributed by atoms with Gasteiger partial charge in [-0.2, -0.15) is 0 Å². The van der Waals surface area contributed by atoms with Crippen LogP contribution in [0.3, 0.4) is 0 Å². The molecule has 2 fully saturated rings. The lowest BCUT2D eigenvalue weighted by Crippen LogP contribution is -2.29. The van der Waals surface area contributed by atoms with Crippen molar-refractivity contribution in [3.05, 3.63) is 42.2 Å². The normalized spacial score (nSPS) is 30.9. The Labute approximate surface area is 112 Å². The van der Waals surface area contributed by atoms with Gasteiger partial charge < -0.3 is 10.5 Å². The van der Waals surface area contributed by atoms with E-state index in [2.05, 4.69) is 23.2 Å². The first-order chi connectivity index (χ1) is 9.33. The number of nitrogens with zero attached hydrogens (tertiary/aromatic N) is 1. The van der Waals surface area contributed by atoms with Gasteiger partial charge in [-0.25, -0.2) is 0 Å². The molecule has 0 spiro atoms. The molecule has 4 atom stereocenters. The van der Waals surface area contributed by atoms with Crippen molar-refractivity contribution in [2.45, 2.75) is 37.5 Å². The summed E-state index contributed by atoms with van der Waals surface area (Å²) in [6.07, 6.45) is 8.13. The third kappa shape index (κ3) is 1.77. The summed E-state index contributed by atoms with van der Waals surface area (Å²) in [6, 6.07) is 8.38. The fraction of sp³-hybridized carbons (Fsp3) is 0.438. The highest BCUT2D eigenvalue weighted by atomic mass is 16.5. The number of pyridine rings is 1. The molecule has 0 amide bonds. The predicted molar refractivity (Wildman–Crippen MR) is 74.7 cm³/mol. The van der Waals surface area contributed by atoms with Gasteiger partial charge >= 0.3 is 0 Å². The smallest absolute Gasteiger partial charge is 0.0627 e. The van der Waals surface area contributed by atoms with Gasteiger partial charge in [0.05, 0.1) is 12.2 Å². The molecule has 2 N–H and O–H groups in total. The minimum Gasteiger partial charge on any atom is -0.375 e. The lowest BCUT2D eigenvalue weighted by atomic mass is 9.81. The van der Waals surface area contributed by atoms with Crippen LogP contribution < -0.4 is 5.73 Å². The summed E-state index contributed by atoms with van der Waals surface area (Å²) < 4.78 is 5.94. The van der Waals surface area contributed by atoms with Gasteiger partial charge in [0.25, 0.3) is 0 Å². The minimum absolute atomic E-state index is 0.0360. The van der Waals surface area contributed by atoms with Crippen LogP contribution in [0.1, 0.15) is 30.9 Å². The van der Waals surface area contributed by atoms with Gasteiger partial charge in [0.2, 0.25) is 0 Å². The Bertz CT molecular complexity index is 607.